The van der Waals surface area contributed by atoms with E-state index in [0.29, 0.717) is 6.04 Å². The largest absolute Gasteiger partial charge is 0.367 e. The summed E-state index contributed by atoms with van der Waals surface area (Å²) >= 11 is 2.01. The van der Waals surface area contributed by atoms with Crippen molar-refractivity contribution in [1.82, 2.24) is 14.8 Å². The maximum atomic E-state index is 4.51. The summed E-state index contributed by atoms with van der Waals surface area (Å²) in [4.78, 5) is 4.33. The van der Waals surface area contributed by atoms with Gasteiger partial charge in [0.15, 0.2) is 0 Å². The minimum absolute atomic E-state index is 0.571. The number of hydrogen-bond donors (Lipinski definition) is 1. The Morgan fingerprint density at radius 3 is 3.06 bits per heavy atom. The molecule has 18 heavy (non-hydrogen) atoms. The molecule has 0 aliphatic carbocycles. The van der Waals surface area contributed by atoms with E-state index in [9.17, 15) is 0 Å². The summed E-state index contributed by atoms with van der Waals surface area (Å²) in [6.07, 6.45) is 3.03. The molecule has 4 nitrogen and oxygen atoms in total. The van der Waals surface area contributed by atoms with Crippen molar-refractivity contribution in [3.05, 3.63) is 30.5 Å². The van der Waals surface area contributed by atoms with Gasteiger partial charge in [0.2, 0.25) is 0 Å². The Hall–Kier alpha value is -1.49. The van der Waals surface area contributed by atoms with Crippen LogP contribution < -0.4 is 5.32 Å². The highest BCUT2D eigenvalue weighted by atomic mass is 32.2. The molecule has 1 aliphatic rings. The van der Waals surface area contributed by atoms with Crippen molar-refractivity contribution in [2.75, 3.05) is 16.8 Å². The molecule has 1 unspecified atom stereocenters. The van der Waals surface area contributed by atoms with Gasteiger partial charge in [-0.3, -0.25) is 9.67 Å². The molecule has 1 saturated heterocycles. The third kappa shape index (κ3) is 2.36. The van der Waals surface area contributed by atoms with Gasteiger partial charge in [0.1, 0.15) is 11.5 Å². The van der Waals surface area contributed by atoms with Gasteiger partial charge in [0, 0.05) is 31.1 Å². The summed E-state index contributed by atoms with van der Waals surface area (Å²) in [5.41, 5.74) is 1.84. The maximum absolute atomic E-state index is 4.51. The summed E-state index contributed by atoms with van der Waals surface area (Å²) in [6, 6.07) is 8.53. The average Bonchev–Trinajstić information content (AvgIpc) is 3.02. The molecule has 0 radical (unpaired) electrons. The van der Waals surface area contributed by atoms with Crippen LogP contribution in [0.2, 0.25) is 0 Å². The van der Waals surface area contributed by atoms with Crippen molar-refractivity contribution in [3.8, 4) is 11.4 Å². The molecule has 2 aromatic heterocycles. The highest BCUT2D eigenvalue weighted by molar-refractivity contribution is 7.99. The van der Waals surface area contributed by atoms with Crippen molar-refractivity contribution in [2.45, 2.75) is 12.5 Å². The van der Waals surface area contributed by atoms with E-state index in [4.69, 9.17) is 0 Å². The molecule has 3 heterocycles. The average molecular weight is 260 g/mol. The number of nitrogens with one attached hydrogen (secondary N) is 1. The highest BCUT2D eigenvalue weighted by Crippen LogP contribution is 2.24. The Morgan fingerprint density at radius 1 is 1.39 bits per heavy atom. The van der Waals surface area contributed by atoms with Crippen LogP contribution in [0.3, 0.4) is 0 Å². The molecule has 1 N–H and O–H groups in total. The van der Waals surface area contributed by atoms with E-state index in [1.807, 2.05) is 41.7 Å². The lowest BCUT2D eigenvalue weighted by molar-refractivity contribution is 0.739. The fraction of sp³-hybridized carbons (Fsp3) is 0.385. The quantitative estimate of drug-likeness (QED) is 0.920. The van der Waals surface area contributed by atoms with Crippen LogP contribution in [0.1, 0.15) is 6.42 Å². The molecule has 0 aromatic carbocycles. The molecule has 94 valence electrons. The second-order valence-corrected chi connectivity index (χ2v) is 5.61. The lowest BCUT2D eigenvalue weighted by atomic mass is 10.2. The molecular weight excluding hydrogens is 244 g/mol. The van der Waals surface area contributed by atoms with E-state index in [-0.39, 0.29) is 0 Å². The Labute approximate surface area is 111 Å². The predicted octanol–water partition coefficient (Wildman–Crippen LogP) is 2.40. The second-order valence-electron chi connectivity index (χ2n) is 4.46. The molecule has 2 aromatic rings. The molecule has 3 rings (SSSR count). The number of aromatic nitrogens is 3. The number of thioether (sulfide) groups is 1. The number of hydrogen-bond acceptors (Lipinski definition) is 4. The van der Waals surface area contributed by atoms with Crippen LogP contribution in [0.15, 0.2) is 30.5 Å². The van der Waals surface area contributed by atoms with Gasteiger partial charge in [-0.25, -0.2) is 0 Å². The first-order valence-corrected chi connectivity index (χ1v) is 7.28. The fourth-order valence-corrected chi connectivity index (χ4v) is 3.25. The van der Waals surface area contributed by atoms with Gasteiger partial charge in [-0.2, -0.15) is 16.9 Å². The second kappa shape index (κ2) is 5.02. The Morgan fingerprint density at radius 2 is 2.33 bits per heavy atom. The number of rotatable bonds is 3. The summed E-state index contributed by atoms with van der Waals surface area (Å²) in [5, 5.41) is 8.06. The monoisotopic (exact) mass is 260 g/mol. The topological polar surface area (TPSA) is 42.7 Å². The normalized spacial score (nSPS) is 19.1. The number of pyridine rings is 1. The van der Waals surface area contributed by atoms with Crippen molar-refractivity contribution < 1.29 is 0 Å². The fourth-order valence-electron chi connectivity index (χ4n) is 2.10. The molecule has 1 fully saturated rings. The van der Waals surface area contributed by atoms with Crippen LogP contribution in [0, 0.1) is 0 Å². The zero-order valence-electron chi connectivity index (χ0n) is 10.3. The van der Waals surface area contributed by atoms with Gasteiger partial charge in [-0.1, -0.05) is 6.07 Å². The van der Waals surface area contributed by atoms with E-state index < -0.39 is 0 Å². The Bertz CT molecular complexity index is 517. The van der Waals surface area contributed by atoms with Crippen LogP contribution in [0.25, 0.3) is 11.4 Å². The van der Waals surface area contributed by atoms with Crippen molar-refractivity contribution in [1.29, 1.82) is 0 Å². The van der Waals surface area contributed by atoms with Crippen LogP contribution in [-0.4, -0.2) is 32.3 Å². The van der Waals surface area contributed by atoms with Gasteiger partial charge in [0.05, 0.1) is 5.69 Å². The lowest BCUT2D eigenvalue weighted by Crippen LogP contribution is -2.19. The first-order valence-electron chi connectivity index (χ1n) is 6.12. The molecule has 0 spiro atoms. The smallest absolute Gasteiger partial charge is 0.124 e. The van der Waals surface area contributed by atoms with Crippen LogP contribution in [-0.2, 0) is 7.05 Å². The van der Waals surface area contributed by atoms with Crippen molar-refractivity contribution in [2.24, 2.45) is 7.05 Å². The molecule has 5 heteroatoms. The van der Waals surface area contributed by atoms with Gasteiger partial charge >= 0.3 is 0 Å². The van der Waals surface area contributed by atoms with Gasteiger partial charge in [-0.05, 0) is 24.3 Å². The maximum Gasteiger partial charge on any atom is 0.124 e. The van der Waals surface area contributed by atoms with Crippen molar-refractivity contribution in [3.63, 3.8) is 0 Å². The number of nitrogens with zero attached hydrogens (tertiary/aromatic N) is 3. The summed E-state index contributed by atoms with van der Waals surface area (Å²) in [5.74, 6) is 3.51. The predicted molar refractivity (Wildman–Crippen MR) is 75.8 cm³/mol. The number of anilines is 1. The van der Waals surface area contributed by atoms with Gasteiger partial charge < -0.3 is 5.32 Å². The minimum atomic E-state index is 0.571. The van der Waals surface area contributed by atoms with E-state index in [1.165, 1.54) is 17.9 Å². The Kier molecular flexibility index (Phi) is 3.23. The van der Waals surface area contributed by atoms with Crippen LogP contribution >= 0.6 is 11.8 Å². The van der Waals surface area contributed by atoms with E-state index in [2.05, 4.69) is 21.5 Å². The van der Waals surface area contributed by atoms with Crippen LogP contribution in [0.4, 0.5) is 5.82 Å². The third-order valence-corrected chi connectivity index (χ3v) is 4.25. The Balaban J connectivity index is 1.82. The van der Waals surface area contributed by atoms with Gasteiger partial charge in [0.25, 0.3) is 0 Å². The zero-order valence-corrected chi connectivity index (χ0v) is 11.2. The zero-order chi connectivity index (χ0) is 12.4. The molecule has 1 aliphatic heterocycles. The minimum Gasteiger partial charge on any atom is -0.367 e. The van der Waals surface area contributed by atoms with E-state index >= 15 is 0 Å². The van der Waals surface area contributed by atoms with Crippen LogP contribution in [0.5, 0.6) is 0 Å². The summed E-state index contributed by atoms with van der Waals surface area (Å²) in [6.45, 7) is 0. The molecule has 0 saturated carbocycles. The third-order valence-electron chi connectivity index (χ3n) is 3.09. The SMILES string of the molecule is Cn1nc(-c2ccccn2)cc1NC1CCSC1. The summed E-state index contributed by atoms with van der Waals surface area (Å²) in [7, 11) is 1.97. The molecule has 0 amide bonds. The van der Waals surface area contributed by atoms with Crippen molar-refractivity contribution >= 4 is 17.6 Å². The molecular formula is C13H16N4S. The molecule has 0 bridgehead atoms. The first kappa shape index (κ1) is 11.6. The highest BCUT2D eigenvalue weighted by Gasteiger charge is 2.17. The first-order chi connectivity index (χ1) is 8.83. The van der Waals surface area contributed by atoms with E-state index in [0.717, 1.165) is 17.2 Å². The number of aryl methyl sites for hydroxylation is 1. The lowest BCUT2D eigenvalue weighted by Gasteiger charge is -2.11. The summed E-state index contributed by atoms with van der Waals surface area (Å²) < 4.78 is 1.90. The van der Waals surface area contributed by atoms with Gasteiger partial charge in [-0.15, -0.1) is 0 Å². The molecule has 1 atom stereocenters. The van der Waals surface area contributed by atoms with E-state index in [1.54, 1.807) is 6.20 Å². The standard InChI is InChI=1S/C13H16N4S/c1-17-13(15-10-5-7-18-9-10)8-12(16-17)11-4-2-3-6-14-11/h2-4,6,8,10,15H,5,7,9H2,1H3.